The van der Waals surface area contributed by atoms with Crippen LogP contribution in [-0.2, 0) is 11.3 Å². The van der Waals surface area contributed by atoms with Gasteiger partial charge in [0.2, 0.25) is 5.91 Å². The quantitative estimate of drug-likeness (QED) is 0.895. The molecule has 0 aromatic carbocycles. The summed E-state index contributed by atoms with van der Waals surface area (Å²) in [4.78, 5) is 19.0. The summed E-state index contributed by atoms with van der Waals surface area (Å²) in [6.07, 6.45) is 7.05. The molecule has 0 saturated heterocycles. The standard InChI is InChI=1S/C15H21N3O/c16-14-6-3-5-13(14)15(19)18(12-7-8-12)10-11-4-1-2-9-17-11/h1-2,4,9,12-14H,3,5-8,10,16H2. The number of hydrogen-bond acceptors (Lipinski definition) is 3. The molecule has 4 nitrogen and oxygen atoms in total. The highest BCUT2D eigenvalue weighted by Gasteiger charge is 2.39. The molecule has 3 rings (SSSR count). The molecule has 19 heavy (non-hydrogen) atoms. The van der Waals surface area contributed by atoms with Crippen molar-refractivity contribution in [2.75, 3.05) is 0 Å². The molecule has 0 bridgehead atoms. The minimum atomic E-state index is 0.0318. The van der Waals surface area contributed by atoms with Crippen LogP contribution in [0.3, 0.4) is 0 Å². The lowest BCUT2D eigenvalue weighted by Crippen LogP contribution is -2.42. The number of amides is 1. The van der Waals surface area contributed by atoms with Crippen molar-refractivity contribution in [3.63, 3.8) is 0 Å². The van der Waals surface area contributed by atoms with Crippen LogP contribution < -0.4 is 5.73 Å². The van der Waals surface area contributed by atoms with Gasteiger partial charge in [0.25, 0.3) is 0 Å². The van der Waals surface area contributed by atoms with E-state index in [2.05, 4.69) is 4.98 Å². The van der Waals surface area contributed by atoms with Gasteiger partial charge < -0.3 is 10.6 Å². The summed E-state index contributed by atoms with van der Waals surface area (Å²) in [6, 6.07) is 6.33. The van der Waals surface area contributed by atoms with Crippen LogP contribution in [0.5, 0.6) is 0 Å². The Morgan fingerprint density at radius 1 is 1.32 bits per heavy atom. The molecule has 1 heterocycles. The minimum absolute atomic E-state index is 0.0318. The van der Waals surface area contributed by atoms with Gasteiger partial charge >= 0.3 is 0 Å². The number of aromatic nitrogens is 1. The van der Waals surface area contributed by atoms with Crippen LogP contribution in [0.2, 0.25) is 0 Å². The second-order valence-corrected chi connectivity index (χ2v) is 5.72. The Labute approximate surface area is 114 Å². The Hall–Kier alpha value is -1.42. The fourth-order valence-corrected chi connectivity index (χ4v) is 2.95. The smallest absolute Gasteiger partial charge is 0.227 e. The first-order valence-electron chi connectivity index (χ1n) is 7.21. The van der Waals surface area contributed by atoms with Gasteiger partial charge in [0.1, 0.15) is 0 Å². The van der Waals surface area contributed by atoms with Gasteiger partial charge in [-0.15, -0.1) is 0 Å². The molecule has 1 amide bonds. The zero-order valence-corrected chi connectivity index (χ0v) is 11.2. The van der Waals surface area contributed by atoms with Crippen LogP contribution in [0.15, 0.2) is 24.4 Å². The highest BCUT2D eigenvalue weighted by molar-refractivity contribution is 5.80. The molecule has 1 aromatic rings. The number of carbonyl (C=O) groups excluding carboxylic acids is 1. The van der Waals surface area contributed by atoms with Gasteiger partial charge in [-0.1, -0.05) is 12.5 Å². The zero-order valence-electron chi connectivity index (χ0n) is 11.2. The van der Waals surface area contributed by atoms with E-state index in [4.69, 9.17) is 5.73 Å². The lowest BCUT2D eigenvalue weighted by molar-refractivity contribution is -0.137. The summed E-state index contributed by atoms with van der Waals surface area (Å²) in [6.45, 7) is 0.632. The van der Waals surface area contributed by atoms with Crippen molar-refractivity contribution in [1.82, 2.24) is 9.88 Å². The summed E-state index contributed by atoms with van der Waals surface area (Å²) in [5.41, 5.74) is 7.04. The molecule has 2 aliphatic carbocycles. The van der Waals surface area contributed by atoms with Crippen LogP contribution in [0, 0.1) is 5.92 Å². The van der Waals surface area contributed by atoms with Gasteiger partial charge in [-0.05, 0) is 37.8 Å². The lowest BCUT2D eigenvalue weighted by atomic mass is 10.0. The first-order chi connectivity index (χ1) is 9.25. The van der Waals surface area contributed by atoms with Gasteiger partial charge in [-0.25, -0.2) is 0 Å². The monoisotopic (exact) mass is 259 g/mol. The average Bonchev–Trinajstić information content (AvgIpc) is 3.18. The molecule has 0 radical (unpaired) electrons. The molecular formula is C15H21N3O. The summed E-state index contributed by atoms with van der Waals surface area (Å²) in [5.74, 6) is 0.280. The first kappa shape index (κ1) is 12.6. The Morgan fingerprint density at radius 2 is 2.16 bits per heavy atom. The molecule has 2 N–H and O–H groups in total. The average molecular weight is 259 g/mol. The molecule has 2 saturated carbocycles. The van der Waals surface area contributed by atoms with Crippen molar-refractivity contribution in [3.05, 3.63) is 30.1 Å². The summed E-state index contributed by atoms with van der Waals surface area (Å²) >= 11 is 0. The molecule has 2 atom stereocenters. The zero-order chi connectivity index (χ0) is 13.2. The van der Waals surface area contributed by atoms with Crippen LogP contribution in [0.4, 0.5) is 0 Å². The lowest BCUT2D eigenvalue weighted by Gasteiger charge is -2.27. The summed E-state index contributed by atoms with van der Waals surface area (Å²) in [7, 11) is 0. The number of nitrogens with zero attached hydrogens (tertiary/aromatic N) is 2. The predicted molar refractivity (Wildman–Crippen MR) is 73.1 cm³/mol. The third-order valence-electron chi connectivity index (χ3n) is 4.22. The number of rotatable bonds is 4. The van der Waals surface area contributed by atoms with Crippen LogP contribution in [0.1, 0.15) is 37.8 Å². The highest BCUT2D eigenvalue weighted by Crippen LogP contribution is 2.33. The van der Waals surface area contributed by atoms with Gasteiger partial charge in [-0.2, -0.15) is 0 Å². The van der Waals surface area contributed by atoms with E-state index in [1.807, 2.05) is 23.1 Å². The van der Waals surface area contributed by atoms with E-state index in [0.717, 1.165) is 37.8 Å². The summed E-state index contributed by atoms with van der Waals surface area (Å²) < 4.78 is 0. The van der Waals surface area contributed by atoms with E-state index in [9.17, 15) is 4.79 Å². The van der Waals surface area contributed by atoms with Crippen molar-refractivity contribution in [2.45, 2.75) is 50.7 Å². The third kappa shape index (κ3) is 2.78. The van der Waals surface area contributed by atoms with Crippen molar-refractivity contribution >= 4 is 5.91 Å². The normalized spacial score (nSPS) is 26.4. The Bertz CT molecular complexity index is 444. The molecule has 2 fully saturated rings. The Kier molecular flexibility index (Phi) is 3.51. The van der Waals surface area contributed by atoms with Gasteiger partial charge in [-0.3, -0.25) is 9.78 Å². The van der Waals surface area contributed by atoms with Crippen LogP contribution >= 0.6 is 0 Å². The molecule has 1 aromatic heterocycles. The van der Waals surface area contributed by atoms with Gasteiger partial charge in [0.05, 0.1) is 18.2 Å². The van der Waals surface area contributed by atoms with Crippen LogP contribution in [0.25, 0.3) is 0 Å². The van der Waals surface area contributed by atoms with E-state index < -0.39 is 0 Å². The highest BCUT2D eigenvalue weighted by atomic mass is 16.2. The van der Waals surface area contributed by atoms with E-state index in [-0.39, 0.29) is 17.9 Å². The first-order valence-corrected chi connectivity index (χ1v) is 7.21. The topological polar surface area (TPSA) is 59.2 Å². The van der Waals surface area contributed by atoms with Crippen LogP contribution in [-0.4, -0.2) is 27.9 Å². The minimum Gasteiger partial charge on any atom is -0.334 e. The number of pyridine rings is 1. The van der Waals surface area contributed by atoms with Crippen molar-refractivity contribution in [3.8, 4) is 0 Å². The van der Waals surface area contributed by atoms with E-state index in [0.29, 0.717) is 12.6 Å². The van der Waals surface area contributed by atoms with E-state index >= 15 is 0 Å². The Morgan fingerprint density at radius 3 is 2.74 bits per heavy atom. The number of hydrogen-bond donors (Lipinski definition) is 1. The molecular weight excluding hydrogens is 238 g/mol. The maximum atomic E-state index is 12.7. The molecule has 4 heteroatoms. The van der Waals surface area contributed by atoms with Crippen molar-refractivity contribution in [2.24, 2.45) is 11.7 Å². The Balaban J connectivity index is 1.72. The van der Waals surface area contributed by atoms with E-state index in [1.54, 1.807) is 6.20 Å². The largest absolute Gasteiger partial charge is 0.334 e. The molecule has 0 spiro atoms. The van der Waals surface area contributed by atoms with Gasteiger partial charge in [0.15, 0.2) is 0 Å². The van der Waals surface area contributed by atoms with Gasteiger partial charge in [0, 0.05) is 18.3 Å². The SMILES string of the molecule is NC1CCCC1C(=O)N(Cc1ccccn1)C1CC1. The molecule has 102 valence electrons. The second kappa shape index (κ2) is 5.29. The fourth-order valence-electron chi connectivity index (χ4n) is 2.95. The molecule has 2 unspecified atom stereocenters. The summed E-state index contributed by atoms with van der Waals surface area (Å²) in [5, 5.41) is 0. The maximum Gasteiger partial charge on any atom is 0.227 e. The molecule has 2 aliphatic rings. The molecule has 0 aliphatic heterocycles. The third-order valence-corrected chi connectivity index (χ3v) is 4.22. The fraction of sp³-hybridized carbons (Fsp3) is 0.600. The number of nitrogens with two attached hydrogens (primary N) is 1. The maximum absolute atomic E-state index is 12.7. The predicted octanol–water partition coefficient (Wildman–Crippen LogP) is 1.70. The van der Waals surface area contributed by atoms with E-state index in [1.165, 1.54) is 0 Å². The second-order valence-electron chi connectivity index (χ2n) is 5.72. The van der Waals surface area contributed by atoms with Crippen molar-refractivity contribution in [1.29, 1.82) is 0 Å². The number of carbonyl (C=O) groups is 1. The van der Waals surface area contributed by atoms with Crippen molar-refractivity contribution < 1.29 is 4.79 Å².